The molecule has 2 aliphatic heterocycles. The Hall–Kier alpha value is -2.51. The van der Waals surface area contributed by atoms with Crippen molar-refractivity contribution >= 4 is 11.6 Å². The number of hydrogen-bond donors (Lipinski definition) is 1. The summed E-state index contributed by atoms with van der Waals surface area (Å²) < 4.78 is 40.1. The highest BCUT2D eigenvalue weighted by Crippen LogP contribution is 2.41. The van der Waals surface area contributed by atoms with Crippen LogP contribution in [0.5, 0.6) is 0 Å². The summed E-state index contributed by atoms with van der Waals surface area (Å²) in [7, 11) is 0. The fourth-order valence-electron chi connectivity index (χ4n) is 5.15. The number of aromatic amines is 1. The number of fused-ring (bicyclic) bond motifs is 2. The molecule has 3 aliphatic rings. The smallest absolute Gasteiger partial charge is 0.370 e. The van der Waals surface area contributed by atoms with Crippen molar-refractivity contribution in [2.45, 2.75) is 31.9 Å². The maximum Gasteiger partial charge on any atom is 0.418 e. The Kier molecular flexibility index (Phi) is 4.33. The quantitative estimate of drug-likeness (QED) is 0.834. The zero-order valence-corrected chi connectivity index (χ0v) is 16.0. The molecule has 154 valence electrons. The lowest BCUT2D eigenvalue weighted by atomic mass is 9.95. The number of carbonyl (C=O) groups excluding carboxylic acids is 1. The molecule has 1 aliphatic carbocycles. The standard InChI is InChI=1S/C21H23F3N4O/c22-21(23,24)16-6-2-4-8-18(16)27-9-13-11-28(12-14(13)10-27)20(29)19-15-5-1-3-7-17(15)25-26-19/h2,4,6,8,13-14H,1,3,5,7,9-12H2,(H,25,26)/t13-,14+. The van der Waals surface area contributed by atoms with Crippen LogP contribution in [0.15, 0.2) is 24.3 Å². The number of halogens is 3. The lowest BCUT2D eigenvalue weighted by Crippen LogP contribution is -2.34. The van der Waals surface area contributed by atoms with Crippen LogP contribution in [0.2, 0.25) is 0 Å². The second-order valence-corrected chi connectivity index (χ2v) is 8.39. The van der Waals surface area contributed by atoms with Crippen LogP contribution < -0.4 is 4.90 Å². The number of alkyl halides is 3. The van der Waals surface area contributed by atoms with Gasteiger partial charge in [0, 0.05) is 55.0 Å². The van der Waals surface area contributed by atoms with Crippen LogP contribution in [0.3, 0.4) is 0 Å². The third kappa shape index (κ3) is 3.18. The van der Waals surface area contributed by atoms with E-state index in [4.69, 9.17) is 0 Å². The normalized spacial score (nSPS) is 24.0. The molecule has 0 unspecified atom stereocenters. The van der Waals surface area contributed by atoms with Gasteiger partial charge in [0.15, 0.2) is 5.69 Å². The number of nitrogens with one attached hydrogen (secondary N) is 1. The molecule has 1 N–H and O–H groups in total. The minimum atomic E-state index is -4.37. The highest BCUT2D eigenvalue weighted by atomic mass is 19.4. The molecule has 8 heteroatoms. The number of likely N-dealkylation sites (tertiary alicyclic amines) is 1. The number of carbonyl (C=O) groups is 1. The molecule has 0 saturated carbocycles. The highest BCUT2D eigenvalue weighted by molar-refractivity contribution is 5.94. The van der Waals surface area contributed by atoms with Gasteiger partial charge in [0.1, 0.15) is 0 Å². The summed E-state index contributed by atoms with van der Waals surface area (Å²) in [6.45, 7) is 2.24. The van der Waals surface area contributed by atoms with E-state index in [9.17, 15) is 18.0 Å². The molecule has 0 spiro atoms. The van der Waals surface area contributed by atoms with Crippen LogP contribution in [-0.2, 0) is 19.0 Å². The summed E-state index contributed by atoms with van der Waals surface area (Å²) in [5, 5.41) is 7.30. The van der Waals surface area contributed by atoms with Gasteiger partial charge in [-0.2, -0.15) is 18.3 Å². The number of rotatable bonds is 2. The molecule has 2 fully saturated rings. The number of anilines is 1. The number of para-hydroxylation sites is 1. The molecule has 3 heterocycles. The predicted octanol–water partition coefficient (Wildman–Crippen LogP) is 3.52. The number of amides is 1. The number of benzene rings is 1. The Morgan fingerprint density at radius 1 is 1.03 bits per heavy atom. The highest BCUT2D eigenvalue weighted by Gasteiger charge is 2.44. The van der Waals surface area contributed by atoms with Gasteiger partial charge in [-0.25, -0.2) is 0 Å². The molecule has 2 atom stereocenters. The third-order valence-corrected chi connectivity index (χ3v) is 6.58. The topological polar surface area (TPSA) is 52.2 Å². The lowest BCUT2D eigenvalue weighted by molar-refractivity contribution is -0.137. The van der Waals surface area contributed by atoms with E-state index in [1.165, 1.54) is 6.07 Å². The SMILES string of the molecule is O=C(c1n[nH]c2c1CCCC2)N1C[C@@H]2CN(c3ccccc3C(F)(F)F)C[C@@H]2C1. The molecular formula is C21H23F3N4O. The maximum atomic E-state index is 13.4. The van der Waals surface area contributed by atoms with E-state index in [1.807, 2.05) is 9.80 Å². The molecule has 1 amide bonds. The number of H-pyrrole nitrogens is 1. The maximum absolute atomic E-state index is 13.4. The Labute approximate surface area is 166 Å². The van der Waals surface area contributed by atoms with Crippen molar-refractivity contribution in [3.8, 4) is 0 Å². The molecule has 5 nitrogen and oxygen atoms in total. The summed E-state index contributed by atoms with van der Waals surface area (Å²) in [6, 6.07) is 5.76. The van der Waals surface area contributed by atoms with E-state index in [-0.39, 0.29) is 23.4 Å². The second kappa shape index (κ2) is 6.78. The molecule has 1 aromatic heterocycles. The van der Waals surface area contributed by atoms with Gasteiger partial charge in [-0.05, 0) is 37.8 Å². The Morgan fingerprint density at radius 3 is 2.45 bits per heavy atom. The van der Waals surface area contributed by atoms with Crippen molar-refractivity contribution in [1.29, 1.82) is 0 Å². The monoisotopic (exact) mass is 404 g/mol. The molecule has 2 saturated heterocycles. The third-order valence-electron chi connectivity index (χ3n) is 6.58. The molecule has 2 aromatic rings. The van der Waals surface area contributed by atoms with Gasteiger partial charge >= 0.3 is 6.18 Å². The first kappa shape index (κ1) is 18.5. The van der Waals surface area contributed by atoms with Gasteiger partial charge < -0.3 is 9.80 Å². The molecule has 5 rings (SSSR count). The van der Waals surface area contributed by atoms with Gasteiger partial charge in [-0.3, -0.25) is 9.89 Å². The van der Waals surface area contributed by atoms with Crippen LogP contribution in [0.25, 0.3) is 0 Å². The summed E-state index contributed by atoms with van der Waals surface area (Å²) in [5.41, 5.74) is 2.33. The Bertz CT molecular complexity index is 924. The number of aromatic nitrogens is 2. The number of hydrogen-bond acceptors (Lipinski definition) is 3. The van der Waals surface area contributed by atoms with E-state index in [0.29, 0.717) is 31.9 Å². The lowest BCUT2D eigenvalue weighted by Gasteiger charge is -2.25. The molecule has 0 radical (unpaired) electrons. The van der Waals surface area contributed by atoms with Crippen molar-refractivity contribution in [3.63, 3.8) is 0 Å². The average molecular weight is 404 g/mol. The fourth-order valence-corrected chi connectivity index (χ4v) is 5.15. The van der Waals surface area contributed by atoms with Gasteiger partial charge in [0.05, 0.1) is 5.56 Å². The number of nitrogens with zero attached hydrogens (tertiary/aromatic N) is 3. The Morgan fingerprint density at radius 2 is 1.72 bits per heavy atom. The minimum absolute atomic E-state index is 0.0407. The largest absolute Gasteiger partial charge is 0.418 e. The van der Waals surface area contributed by atoms with Crippen LogP contribution in [-0.4, -0.2) is 47.2 Å². The zero-order chi connectivity index (χ0) is 20.2. The first-order chi connectivity index (χ1) is 13.9. The first-order valence-corrected chi connectivity index (χ1v) is 10.2. The van der Waals surface area contributed by atoms with Crippen LogP contribution >= 0.6 is 0 Å². The van der Waals surface area contributed by atoms with Crippen molar-refractivity contribution < 1.29 is 18.0 Å². The molecule has 1 aromatic carbocycles. The van der Waals surface area contributed by atoms with E-state index in [2.05, 4.69) is 10.2 Å². The van der Waals surface area contributed by atoms with Crippen molar-refractivity contribution in [2.75, 3.05) is 31.1 Å². The van der Waals surface area contributed by atoms with E-state index < -0.39 is 11.7 Å². The number of aryl methyl sites for hydroxylation is 1. The van der Waals surface area contributed by atoms with Crippen molar-refractivity contribution in [3.05, 3.63) is 46.8 Å². The van der Waals surface area contributed by atoms with E-state index >= 15 is 0 Å². The molecule has 0 bridgehead atoms. The molecular weight excluding hydrogens is 381 g/mol. The predicted molar refractivity (Wildman–Crippen MR) is 102 cm³/mol. The van der Waals surface area contributed by atoms with Crippen LogP contribution in [0.1, 0.15) is 40.2 Å². The fraction of sp³-hybridized carbons (Fsp3) is 0.524. The van der Waals surface area contributed by atoms with E-state index in [0.717, 1.165) is 43.0 Å². The average Bonchev–Trinajstić information content (AvgIpc) is 3.39. The van der Waals surface area contributed by atoms with Gasteiger partial charge in [0.2, 0.25) is 0 Å². The van der Waals surface area contributed by atoms with E-state index in [1.54, 1.807) is 12.1 Å². The summed E-state index contributed by atoms with van der Waals surface area (Å²) in [4.78, 5) is 16.7. The van der Waals surface area contributed by atoms with Gasteiger partial charge in [0.25, 0.3) is 5.91 Å². The van der Waals surface area contributed by atoms with Crippen molar-refractivity contribution in [1.82, 2.24) is 15.1 Å². The minimum Gasteiger partial charge on any atom is -0.370 e. The summed E-state index contributed by atoms with van der Waals surface area (Å²) in [6.07, 6.45) is -0.350. The van der Waals surface area contributed by atoms with Crippen LogP contribution in [0, 0.1) is 11.8 Å². The summed E-state index contributed by atoms with van der Waals surface area (Å²) in [5.74, 6) is 0.339. The van der Waals surface area contributed by atoms with Gasteiger partial charge in [-0.15, -0.1) is 0 Å². The molecule has 29 heavy (non-hydrogen) atoms. The Balaban J connectivity index is 1.30. The zero-order valence-electron chi connectivity index (χ0n) is 16.0. The van der Waals surface area contributed by atoms with Crippen LogP contribution in [0.4, 0.5) is 18.9 Å². The van der Waals surface area contributed by atoms with Crippen molar-refractivity contribution in [2.24, 2.45) is 11.8 Å². The first-order valence-electron chi connectivity index (χ1n) is 10.2. The second-order valence-electron chi connectivity index (χ2n) is 8.39. The summed E-state index contributed by atoms with van der Waals surface area (Å²) >= 11 is 0. The van der Waals surface area contributed by atoms with Gasteiger partial charge in [-0.1, -0.05) is 12.1 Å².